The summed E-state index contributed by atoms with van der Waals surface area (Å²) in [5.41, 5.74) is 0. The van der Waals surface area contributed by atoms with Crippen LogP contribution in [0.5, 0.6) is 0 Å². The van der Waals surface area contributed by atoms with Crippen LogP contribution < -0.4 is 24.5 Å². The summed E-state index contributed by atoms with van der Waals surface area (Å²) in [6, 6.07) is 0. The number of phosphoric acid groups is 1. The van der Waals surface area contributed by atoms with Crippen molar-refractivity contribution in [1.82, 2.24) is 0 Å². The molecule has 10 heteroatoms. The quantitative estimate of drug-likeness (QED) is 0.401. The van der Waals surface area contributed by atoms with Crippen molar-refractivity contribution >= 4 is 16.1 Å². The van der Waals surface area contributed by atoms with Gasteiger partial charge in [0.1, 0.15) is 0 Å². The zero-order valence-electron chi connectivity index (χ0n) is 4.25. The van der Waals surface area contributed by atoms with Crippen LogP contribution in [0, 0.1) is 0 Å². The Morgan fingerprint density at radius 3 is 1.10 bits per heavy atom. The van der Waals surface area contributed by atoms with Crippen molar-refractivity contribution in [2.24, 2.45) is 0 Å². The van der Waals surface area contributed by atoms with Gasteiger partial charge in [0.25, 0.3) is 8.25 Å². The van der Waals surface area contributed by atoms with Crippen LogP contribution in [0.25, 0.3) is 0 Å². The van der Waals surface area contributed by atoms with Gasteiger partial charge >= 0.3 is 26.2 Å². The molecule has 0 N–H and O–H groups in total. The van der Waals surface area contributed by atoms with Crippen LogP contribution in [-0.4, -0.2) is 0 Å². The summed E-state index contributed by atoms with van der Waals surface area (Å²) in [4.78, 5) is 42.6. The van der Waals surface area contributed by atoms with Gasteiger partial charge in [0.05, 0.1) is 0 Å². The fraction of sp³-hybridized carbons (Fsp3) is 0. The van der Waals surface area contributed by atoms with Gasteiger partial charge in [-0.3, -0.25) is 0 Å². The van der Waals surface area contributed by atoms with Gasteiger partial charge in [0, 0.05) is 0 Å². The maximum Gasteiger partial charge on any atom is 2.00 e. The van der Waals surface area contributed by atoms with Crippen molar-refractivity contribution in [3.8, 4) is 0 Å². The molecule has 0 rings (SSSR count). The molecule has 0 aromatic carbocycles. The predicted octanol–water partition coefficient (Wildman–Crippen LogP) is -4.46. The number of rotatable bonds is 0. The van der Waals surface area contributed by atoms with Crippen LogP contribution in [0.1, 0.15) is 0 Å². The minimum atomic E-state index is -5.39. The Bertz CT molecular complexity index is 111. The van der Waals surface area contributed by atoms with Gasteiger partial charge in [-0.15, -0.1) is 0 Å². The second kappa shape index (κ2) is 8.11. The molecule has 0 aliphatic heterocycles. The Labute approximate surface area is 76.0 Å². The van der Waals surface area contributed by atoms with E-state index in [1.54, 1.807) is 0 Å². The molecule has 0 aromatic heterocycles. The molecular weight excluding hydrogens is 265 g/mol. The van der Waals surface area contributed by atoms with Crippen molar-refractivity contribution in [1.29, 1.82) is 0 Å². The first-order chi connectivity index (χ1) is 3.73. The van der Waals surface area contributed by atoms with E-state index in [2.05, 4.69) is 0 Å². The minimum absolute atomic E-state index is 0. The van der Waals surface area contributed by atoms with E-state index in [1.165, 1.54) is 0 Å². The third-order valence-corrected chi connectivity index (χ3v) is 0. The number of hydrogen-bond acceptors (Lipinski definition) is 7. The summed E-state index contributed by atoms with van der Waals surface area (Å²) in [6.07, 6.45) is 0. The van der Waals surface area contributed by atoms with E-state index in [0.717, 1.165) is 0 Å². The maximum absolute atomic E-state index is 8.55. The third kappa shape index (κ3) is 564. The smallest absolute Gasteiger partial charge is 0.822 e. The Kier molecular flexibility index (Phi) is 14.0. The summed E-state index contributed by atoms with van der Waals surface area (Å²) in [5, 5.41) is 0. The van der Waals surface area contributed by atoms with Gasteiger partial charge in [-0.1, -0.05) is 4.57 Å². The molecule has 0 fully saturated rings. The van der Waals surface area contributed by atoms with E-state index in [1.807, 2.05) is 0 Å². The van der Waals surface area contributed by atoms with E-state index in [4.69, 9.17) is 33.6 Å². The van der Waals surface area contributed by atoms with Crippen LogP contribution in [-0.2, 0) is 35.3 Å². The summed E-state index contributed by atoms with van der Waals surface area (Å²) in [7, 11) is -8.76. The second-order valence-electron chi connectivity index (χ2n) is 0.671. The van der Waals surface area contributed by atoms with Crippen molar-refractivity contribution in [3.63, 3.8) is 0 Å². The molecule has 0 radical (unpaired) electrons. The molecule has 58 valence electrons. The molecule has 0 aromatic rings. The first kappa shape index (κ1) is 17.2. The molecule has 0 aliphatic rings. The monoisotopic (exact) mass is 264 g/mol. The van der Waals surface area contributed by atoms with Crippen molar-refractivity contribution in [2.75, 3.05) is 0 Å². The van der Waals surface area contributed by atoms with Crippen molar-refractivity contribution in [2.45, 2.75) is 0 Å². The molecule has 0 spiro atoms. The zero-order valence-corrected chi connectivity index (χ0v) is 8.50. The predicted molar refractivity (Wildman–Crippen MR) is 15.2 cm³/mol. The second-order valence-corrected chi connectivity index (χ2v) is 2.01. The van der Waals surface area contributed by atoms with E-state index >= 15 is 0 Å². The Morgan fingerprint density at radius 1 is 1.10 bits per heavy atom. The normalized spacial score (nSPS) is 8.50. The molecule has 0 heterocycles. The molecule has 10 heavy (non-hydrogen) atoms. The minimum Gasteiger partial charge on any atom is -0.822 e. The van der Waals surface area contributed by atoms with Crippen LogP contribution >= 0.6 is 16.1 Å². The standard InChI is InChI=1S/H3O4P.HO3P.Zr/c1-5(2,3)4;1-4(2)3;/h(H3,1,2,3,4);(H,1,2,3);/q;;+2/p-4. The van der Waals surface area contributed by atoms with E-state index in [-0.39, 0.29) is 26.2 Å². The molecule has 7 nitrogen and oxygen atoms in total. The largest absolute Gasteiger partial charge is 2.00 e. The average molecular weight is 265 g/mol. The van der Waals surface area contributed by atoms with Crippen LogP contribution in [0.3, 0.4) is 0 Å². The first-order valence-corrected chi connectivity index (χ1v) is 3.83. The van der Waals surface area contributed by atoms with E-state index in [0.29, 0.717) is 0 Å². The van der Waals surface area contributed by atoms with Gasteiger partial charge in [-0.05, 0) is 0 Å². The van der Waals surface area contributed by atoms with Gasteiger partial charge in [-0.25, -0.2) is 0 Å². The Balaban J connectivity index is -0.0000000910. The summed E-state index contributed by atoms with van der Waals surface area (Å²) < 4.78 is 17.0. The van der Waals surface area contributed by atoms with Gasteiger partial charge in [0.15, 0.2) is 0 Å². The number of hydrogen-bond donors (Lipinski definition) is 0. The van der Waals surface area contributed by atoms with Gasteiger partial charge in [-0.2, -0.15) is 7.82 Å². The summed E-state index contributed by atoms with van der Waals surface area (Å²) in [5.74, 6) is 0. The van der Waals surface area contributed by atoms with Crippen molar-refractivity contribution in [3.05, 3.63) is 0 Å². The maximum atomic E-state index is 8.55. The van der Waals surface area contributed by atoms with Gasteiger partial charge < -0.3 is 29.0 Å². The van der Waals surface area contributed by atoms with Crippen LogP contribution in [0.2, 0.25) is 0 Å². The molecule has 0 unspecified atom stereocenters. The third-order valence-electron chi connectivity index (χ3n) is 0. The SMILES string of the molecule is O=P([O-])([O-])[O-].O=[P+]([O-])[O-].[Zr+2]. The molecule has 0 saturated heterocycles. The van der Waals surface area contributed by atoms with E-state index in [9.17, 15) is 0 Å². The Morgan fingerprint density at radius 2 is 1.10 bits per heavy atom. The molecule has 0 amide bonds. The molecule has 0 saturated carbocycles. The molecule has 0 bridgehead atoms. The summed E-state index contributed by atoms with van der Waals surface area (Å²) in [6.45, 7) is 0. The van der Waals surface area contributed by atoms with Gasteiger partial charge in [0.2, 0.25) is 0 Å². The zero-order chi connectivity index (χ0) is 8.08. The Hall–Kier alpha value is 1.01. The first-order valence-electron chi connectivity index (χ1n) is 1.28. The van der Waals surface area contributed by atoms with Crippen LogP contribution in [0.4, 0.5) is 0 Å². The topological polar surface area (TPSA) is 149 Å². The summed E-state index contributed by atoms with van der Waals surface area (Å²) >= 11 is 0. The molecule has 0 atom stereocenters. The van der Waals surface area contributed by atoms with Crippen LogP contribution in [0.15, 0.2) is 0 Å². The molecular formula is O7P2Zr-2. The fourth-order valence-corrected chi connectivity index (χ4v) is 0. The fourth-order valence-electron chi connectivity index (χ4n) is 0. The average Bonchev–Trinajstić information content (AvgIpc) is 1.19. The van der Waals surface area contributed by atoms with E-state index < -0.39 is 16.1 Å². The molecule has 0 aliphatic carbocycles. The van der Waals surface area contributed by atoms with Crippen molar-refractivity contribution < 1.29 is 59.8 Å².